The van der Waals surface area contributed by atoms with E-state index in [0.717, 1.165) is 6.07 Å². The molecule has 0 amide bonds. The summed E-state index contributed by atoms with van der Waals surface area (Å²) in [5, 5.41) is 8.89. The Hall–Kier alpha value is -1.63. The van der Waals surface area contributed by atoms with Gasteiger partial charge in [-0.25, -0.2) is 17.6 Å². The van der Waals surface area contributed by atoms with E-state index in [0.29, 0.717) is 6.42 Å². The second kappa shape index (κ2) is 6.01. The maximum Gasteiger partial charge on any atom is 0.340 e. The molecular weight excluding hydrogens is 273 g/mol. The molecule has 0 saturated carbocycles. The van der Waals surface area contributed by atoms with Gasteiger partial charge in [0.05, 0.1) is 11.4 Å². The molecule has 106 valence electrons. The molecule has 0 atom stereocenters. The van der Waals surface area contributed by atoms with Crippen LogP contribution < -0.4 is 4.72 Å². The summed E-state index contributed by atoms with van der Waals surface area (Å²) in [6, 6.07) is 3.44. The van der Waals surface area contributed by atoms with E-state index in [1.54, 1.807) is 0 Å². The van der Waals surface area contributed by atoms with Crippen molar-refractivity contribution in [3.63, 3.8) is 0 Å². The summed E-state index contributed by atoms with van der Waals surface area (Å²) >= 11 is 0. The Bertz CT molecular complexity index is 569. The van der Waals surface area contributed by atoms with Crippen LogP contribution in [0.2, 0.25) is 0 Å². The molecule has 0 aromatic heterocycles. The van der Waals surface area contributed by atoms with Crippen molar-refractivity contribution >= 4 is 21.7 Å². The van der Waals surface area contributed by atoms with Crippen molar-refractivity contribution in [2.75, 3.05) is 10.5 Å². The van der Waals surface area contributed by atoms with E-state index < -0.39 is 27.4 Å². The molecule has 7 heteroatoms. The monoisotopic (exact) mass is 289 g/mol. The third-order valence-electron chi connectivity index (χ3n) is 2.46. The van der Waals surface area contributed by atoms with Crippen LogP contribution in [0.5, 0.6) is 0 Å². The topological polar surface area (TPSA) is 83.5 Å². The van der Waals surface area contributed by atoms with Crippen molar-refractivity contribution in [1.82, 2.24) is 0 Å². The average Bonchev–Trinajstić information content (AvgIpc) is 2.25. The van der Waals surface area contributed by atoms with Gasteiger partial charge in [-0.3, -0.25) is 4.72 Å². The number of hydrogen-bond acceptors (Lipinski definition) is 3. The molecule has 0 aliphatic carbocycles. The third kappa shape index (κ3) is 4.51. The number of aromatic carboxylic acids is 1. The van der Waals surface area contributed by atoms with Gasteiger partial charge in [0.2, 0.25) is 10.0 Å². The summed E-state index contributed by atoms with van der Waals surface area (Å²) in [6.07, 6.45) is 0.438. The van der Waals surface area contributed by atoms with Crippen LogP contribution in [0, 0.1) is 11.7 Å². The molecule has 0 spiro atoms. The molecule has 5 nitrogen and oxygen atoms in total. The minimum Gasteiger partial charge on any atom is -0.478 e. The largest absolute Gasteiger partial charge is 0.478 e. The minimum atomic E-state index is -3.68. The molecule has 0 saturated heterocycles. The van der Waals surface area contributed by atoms with Gasteiger partial charge in [0, 0.05) is 0 Å². The Balaban J connectivity index is 3.00. The van der Waals surface area contributed by atoms with Gasteiger partial charge in [-0.2, -0.15) is 0 Å². The van der Waals surface area contributed by atoms with E-state index in [1.807, 2.05) is 13.8 Å². The number of benzene rings is 1. The Labute approximate surface area is 111 Å². The zero-order valence-corrected chi connectivity index (χ0v) is 11.5. The van der Waals surface area contributed by atoms with Gasteiger partial charge in [0.15, 0.2) is 0 Å². The van der Waals surface area contributed by atoms with Crippen LogP contribution in [-0.4, -0.2) is 25.2 Å². The minimum absolute atomic E-state index is 0.139. The van der Waals surface area contributed by atoms with Crippen LogP contribution in [0.3, 0.4) is 0 Å². The second-order valence-corrected chi connectivity index (χ2v) is 6.41. The van der Waals surface area contributed by atoms with Gasteiger partial charge in [0.25, 0.3) is 0 Å². The van der Waals surface area contributed by atoms with Crippen LogP contribution in [0.4, 0.5) is 10.1 Å². The summed E-state index contributed by atoms with van der Waals surface area (Å²) in [4.78, 5) is 10.9. The zero-order valence-electron chi connectivity index (χ0n) is 10.7. The van der Waals surface area contributed by atoms with E-state index in [4.69, 9.17) is 5.11 Å². The number of halogens is 1. The van der Waals surface area contributed by atoms with Crippen molar-refractivity contribution in [2.24, 2.45) is 5.92 Å². The first kappa shape index (κ1) is 15.4. The van der Waals surface area contributed by atoms with Gasteiger partial charge in [-0.15, -0.1) is 0 Å². The standard InChI is InChI=1S/C12H16FNO4S/c1-8(2)6-7-19(17,18)14-10-5-3-4-9(13)11(10)12(15)16/h3-5,8,14H,6-7H2,1-2H3,(H,15,16). The smallest absolute Gasteiger partial charge is 0.340 e. The van der Waals surface area contributed by atoms with Crippen LogP contribution in [-0.2, 0) is 10.0 Å². The molecule has 0 aliphatic heterocycles. The molecular formula is C12H16FNO4S. The normalized spacial score (nSPS) is 11.6. The van der Waals surface area contributed by atoms with E-state index in [1.165, 1.54) is 12.1 Å². The fraction of sp³-hybridized carbons (Fsp3) is 0.417. The number of anilines is 1. The van der Waals surface area contributed by atoms with Crippen molar-refractivity contribution in [2.45, 2.75) is 20.3 Å². The predicted octanol–water partition coefficient (Wildman–Crippen LogP) is 2.31. The fourth-order valence-electron chi connectivity index (χ4n) is 1.44. The van der Waals surface area contributed by atoms with E-state index in [9.17, 15) is 17.6 Å². The van der Waals surface area contributed by atoms with Crippen molar-refractivity contribution in [1.29, 1.82) is 0 Å². The lowest BCUT2D eigenvalue weighted by Crippen LogP contribution is -2.20. The highest BCUT2D eigenvalue weighted by atomic mass is 32.2. The average molecular weight is 289 g/mol. The maximum atomic E-state index is 13.4. The number of rotatable bonds is 6. The summed E-state index contributed by atoms with van der Waals surface area (Å²) in [5.74, 6) is -2.43. The van der Waals surface area contributed by atoms with Gasteiger partial charge in [0.1, 0.15) is 11.4 Å². The first-order chi connectivity index (χ1) is 8.73. The van der Waals surface area contributed by atoms with Crippen LogP contribution in [0.1, 0.15) is 30.6 Å². The highest BCUT2D eigenvalue weighted by molar-refractivity contribution is 7.92. The number of sulfonamides is 1. The highest BCUT2D eigenvalue weighted by Crippen LogP contribution is 2.20. The van der Waals surface area contributed by atoms with Crippen LogP contribution in [0.15, 0.2) is 18.2 Å². The fourth-order valence-corrected chi connectivity index (χ4v) is 2.82. The lowest BCUT2D eigenvalue weighted by molar-refractivity contribution is 0.0693. The summed E-state index contributed by atoms with van der Waals surface area (Å²) in [6.45, 7) is 3.75. The third-order valence-corrected chi connectivity index (χ3v) is 3.76. The van der Waals surface area contributed by atoms with Crippen molar-refractivity contribution in [3.8, 4) is 0 Å². The Kier molecular flexibility index (Phi) is 4.88. The van der Waals surface area contributed by atoms with Crippen LogP contribution in [0.25, 0.3) is 0 Å². The molecule has 2 N–H and O–H groups in total. The van der Waals surface area contributed by atoms with Gasteiger partial charge < -0.3 is 5.11 Å². The van der Waals surface area contributed by atoms with E-state index >= 15 is 0 Å². The maximum absolute atomic E-state index is 13.4. The second-order valence-electron chi connectivity index (χ2n) is 4.57. The molecule has 1 aromatic rings. The lowest BCUT2D eigenvalue weighted by Gasteiger charge is -2.11. The summed E-state index contributed by atoms with van der Waals surface area (Å²) in [7, 11) is -3.68. The Morgan fingerprint density at radius 1 is 1.42 bits per heavy atom. The molecule has 1 aromatic carbocycles. The molecule has 0 fully saturated rings. The quantitative estimate of drug-likeness (QED) is 0.841. The highest BCUT2D eigenvalue weighted by Gasteiger charge is 2.19. The van der Waals surface area contributed by atoms with Gasteiger partial charge in [-0.05, 0) is 24.5 Å². The summed E-state index contributed by atoms with van der Waals surface area (Å²) in [5.41, 5.74) is -0.924. The van der Waals surface area contributed by atoms with Gasteiger partial charge in [-0.1, -0.05) is 19.9 Å². The molecule has 0 radical (unpaired) electrons. The predicted molar refractivity (Wildman–Crippen MR) is 70.2 cm³/mol. The number of carbonyl (C=O) groups is 1. The van der Waals surface area contributed by atoms with Crippen molar-refractivity contribution in [3.05, 3.63) is 29.6 Å². The Morgan fingerprint density at radius 2 is 2.05 bits per heavy atom. The molecule has 0 bridgehead atoms. The van der Waals surface area contributed by atoms with E-state index in [-0.39, 0.29) is 17.4 Å². The van der Waals surface area contributed by atoms with E-state index in [2.05, 4.69) is 4.72 Å². The SMILES string of the molecule is CC(C)CCS(=O)(=O)Nc1cccc(F)c1C(=O)O. The molecule has 0 aliphatic rings. The number of carboxylic acids is 1. The first-order valence-corrected chi connectivity index (χ1v) is 7.40. The lowest BCUT2D eigenvalue weighted by atomic mass is 10.2. The molecule has 1 rings (SSSR count). The molecule has 0 unspecified atom stereocenters. The first-order valence-electron chi connectivity index (χ1n) is 5.75. The van der Waals surface area contributed by atoms with Crippen LogP contribution >= 0.6 is 0 Å². The molecule has 19 heavy (non-hydrogen) atoms. The Morgan fingerprint density at radius 3 is 2.58 bits per heavy atom. The molecule has 0 heterocycles. The number of hydrogen-bond donors (Lipinski definition) is 2. The zero-order chi connectivity index (χ0) is 14.6. The summed E-state index contributed by atoms with van der Waals surface area (Å²) < 4.78 is 39.0. The van der Waals surface area contributed by atoms with Gasteiger partial charge >= 0.3 is 5.97 Å². The van der Waals surface area contributed by atoms with Crippen molar-refractivity contribution < 1.29 is 22.7 Å². The number of carboxylic acid groups (broad SMARTS) is 1. The number of nitrogens with one attached hydrogen (secondary N) is 1.